The van der Waals surface area contributed by atoms with Crippen LogP contribution in [0.4, 0.5) is 13.2 Å². The normalized spacial score (nSPS) is 15.6. The fraction of sp³-hybridized carbons (Fsp3) is 0.350. The second-order valence-electron chi connectivity index (χ2n) is 6.95. The topological polar surface area (TPSA) is 59.7 Å². The monoisotopic (exact) mass is 404 g/mol. The molecule has 1 amide bonds. The number of aromatic nitrogens is 3. The second-order valence-corrected chi connectivity index (χ2v) is 6.95. The molecule has 0 saturated carbocycles. The standard InChI is InChI=1S/C20H19F3N4O2/c21-20(22,23)15-4-6-16(7-5-15)29-13-18(28)26-11-8-14(9-12-26)19-25-24-17-3-1-2-10-27(17)19/h1-7,10,14H,8-9,11-13H2. The molecule has 0 N–H and O–H groups in total. The van der Waals surface area contributed by atoms with Gasteiger partial charge in [0.05, 0.1) is 5.56 Å². The minimum atomic E-state index is -4.39. The van der Waals surface area contributed by atoms with Gasteiger partial charge in [-0.25, -0.2) is 0 Å². The number of likely N-dealkylation sites (tertiary alicyclic amines) is 1. The van der Waals surface area contributed by atoms with Crippen LogP contribution in [-0.2, 0) is 11.0 Å². The van der Waals surface area contributed by atoms with E-state index in [1.54, 1.807) is 4.90 Å². The number of hydrogen-bond acceptors (Lipinski definition) is 4. The highest BCUT2D eigenvalue weighted by molar-refractivity contribution is 5.77. The highest BCUT2D eigenvalue weighted by Gasteiger charge is 2.30. The lowest BCUT2D eigenvalue weighted by atomic mass is 9.96. The summed E-state index contributed by atoms with van der Waals surface area (Å²) in [5, 5.41) is 8.47. The predicted octanol–water partition coefficient (Wildman–Crippen LogP) is 3.53. The fourth-order valence-corrected chi connectivity index (χ4v) is 3.50. The molecule has 3 aromatic rings. The van der Waals surface area contributed by atoms with Gasteiger partial charge >= 0.3 is 6.18 Å². The molecule has 0 unspecified atom stereocenters. The molecule has 1 aliphatic rings. The summed E-state index contributed by atoms with van der Waals surface area (Å²) in [4.78, 5) is 14.1. The van der Waals surface area contributed by atoms with E-state index in [1.165, 1.54) is 12.1 Å². The number of nitrogens with zero attached hydrogens (tertiary/aromatic N) is 4. The zero-order valence-electron chi connectivity index (χ0n) is 15.5. The summed E-state index contributed by atoms with van der Waals surface area (Å²) in [5.74, 6) is 1.16. The van der Waals surface area contributed by atoms with E-state index in [0.717, 1.165) is 36.4 Å². The Morgan fingerprint density at radius 3 is 2.48 bits per heavy atom. The molecule has 1 fully saturated rings. The van der Waals surface area contributed by atoms with Crippen molar-refractivity contribution in [2.75, 3.05) is 19.7 Å². The summed E-state index contributed by atoms with van der Waals surface area (Å²) in [6, 6.07) is 10.1. The van der Waals surface area contributed by atoms with E-state index in [0.29, 0.717) is 13.1 Å². The number of fused-ring (bicyclic) bond motifs is 1. The minimum absolute atomic E-state index is 0.186. The first kappa shape index (κ1) is 19.2. The average molecular weight is 404 g/mol. The molecule has 152 valence electrons. The Labute approximate surface area is 164 Å². The molecule has 3 heterocycles. The number of ether oxygens (including phenoxy) is 1. The molecule has 6 nitrogen and oxygen atoms in total. The Kier molecular flexibility index (Phi) is 5.12. The van der Waals surface area contributed by atoms with Crippen LogP contribution < -0.4 is 4.74 Å². The summed E-state index contributed by atoms with van der Waals surface area (Å²) in [6.45, 7) is 0.938. The van der Waals surface area contributed by atoms with Gasteiger partial charge in [0.15, 0.2) is 12.3 Å². The highest BCUT2D eigenvalue weighted by Crippen LogP contribution is 2.30. The Bertz CT molecular complexity index is 993. The molecule has 4 rings (SSSR count). The fourth-order valence-electron chi connectivity index (χ4n) is 3.50. The molecule has 0 radical (unpaired) electrons. The maximum Gasteiger partial charge on any atom is 0.416 e. The van der Waals surface area contributed by atoms with Gasteiger partial charge in [0.2, 0.25) is 0 Å². The van der Waals surface area contributed by atoms with Crippen LogP contribution in [0.15, 0.2) is 48.7 Å². The number of pyridine rings is 1. The molecule has 0 aliphatic carbocycles. The van der Waals surface area contributed by atoms with Crippen LogP contribution in [-0.4, -0.2) is 45.1 Å². The van der Waals surface area contributed by atoms with Gasteiger partial charge in [-0.3, -0.25) is 9.20 Å². The summed E-state index contributed by atoms with van der Waals surface area (Å²) in [7, 11) is 0. The smallest absolute Gasteiger partial charge is 0.416 e. The molecule has 0 atom stereocenters. The maximum atomic E-state index is 12.6. The lowest BCUT2D eigenvalue weighted by molar-refractivity contribution is -0.138. The molecule has 2 aromatic heterocycles. The van der Waals surface area contributed by atoms with Crippen molar-refractivity contribution in [1.29, 1.82) is 0 Å². The first-order valence-electron chi connectivity index (χ1n) is 9.29. The molecular weight excluding hydrogens is 385 g/mol. The third-order valence-electron chi connectivity index (χ3n) is 5.10. The lowest BCUT2D eigenvalue weighted by Gasteiger charge is -2.31. The van der Waals surface area contributed by atoms with Crippen molar-refractivity contribution < 1.29 is 22.7 Å². The summed E-state index contributed by atoms with van der Waals surface area (Å²) < 4.78 is 45.1. The number of carbonyl (C=O) groups excluding carboxylic acids is 1. The third kappa shape index (κ3) is 4.18. The molecule has 9 heteroatoms. The number of carbonyl (C=O) groups is 1. The van der Waals surface area contributed by atoms with Crippen molar-refractivity contribution in [1.82, 2.24) is 19.5 Å². The summed E-state index contributed by atoms with van der Waals surface area (Å²) in [5.41, 5.74) is 0.0465. The van der Waals surface area contributed by atoms with Crippen LogP contribution in [0, 0.1) is 0 Å². The van der Waals surface area contributed by atoms with Gasteiger partial charge in [-0.1, -0.05) is 6.07 Å². The van der Waals surface area contributed by atoms with Gasteiger partial charge in [-0.2, -0.15) is 13.2 Å². The second kappa shape index (κ2) is 7.73. The largest absolute Gasteiger partial charge is 0.484 e. The van der Waals surface area contributed by atoms with Crippen molar-refractivity contribution in [3.8, 4) is 5.75 Å². The van der Waals surface area contributed by atoms with Crippen LogP contribution >= 0.6 is 0 Å². The van der Waals surface area contributed by atoms with E-state index in [1.807, 2.05) is 28.8 Å². The predicted molar refractivity (Wildman–Crippen MR) is 98.5 cm³/mol. The molecule has 1 saturated heterocycles. The van der Waals surface area contributed by atoms with Crippen LogP contribution in [0.5, 0.6) is 5.75 Å². The molecule has 0 spiro atoms. The Morgan fingerprint density at radius 1 is 1.07 bits per heavy atom. The Balaban J connectivity index is 1.30. The average Bonchev–Trinajstić information content (AvgIpc) is 3.16. The van der Waals surface area contributed by atoms with E-state index < -0.39 is 11.7 Å². The van der Waals surface area contributed by atoms with E-state index in [4.69, 9.17) is 4.74 Å². The molecule has 29 heavy (non-hydrogen) atoms. The number of amides is 1. The van der Waals surface area contributed by atoms with E-state index in [9.17, 15) is 18.0 Å². The van der Waals surface area contributed by atoms with Gasteiger partial charge in [-0.15, -0.1) is 10.2 Å². The molecule has 0 bridgehead atoms. The van der Waals surface area contributed by atoms with Crippen molar-refractivity contribution in [3.63, 3.8) is 0 Å². The summed E-state index contributed by atoms with van der Waals surface area (Å²) in [6.07, 6.45) is -0.933. The van der Waals surface area contributed by atoms with Crippen LogP contribution in [0.3, 0.4) is 0 Å². The number of hydrogen-bond donors (Lipinski definition) is 0. The van der Waals surface area contributed by atoms with Gasteiger partial charge in [0.25, 0.3) is 5.91 Å². The Hall–Kier alpha value is -3.10. The van der Waals surface area contributed by atoms with Gasteiger partial charge in [0, 0.05) is 25.2 Å². The number of alkyl halides is 3. The van der Waals surface area contributed by atoms with E-state index in [2.05, 4.69) is 10.2 Å². The molecule has 1 aliphatic heterocycles. The zero-order valence-corrected chi connectivity index (χ0v) is 15.5. The third-order valence-corrected chi connectivity index (χ3v) is 5.10. The van der Waals surface area contributed by atoms with Gasteiger partial charge in [0.1, 0.15) is 11.6 Å². The first-order chi connectivity index (χ1) is 13.9. The maximum absolute atomic E-state index is 12.6. The summed E-state index contributed by atoms with van der Waals surface area (Å²) >= 11 is 0. The number of piperidine rings is 1. The quantitative estimate of drug-likeness (QED) is 0.668. The lowest BCUT2D eigenvalue weighted by Crippen LogP contribution is -2.40. The highest BCUT2D eigenvalue weighted by atomic mass is 19.4. The van der Waals surface area contributed by atoms with Crippen molar-refractivity contribution in [3.05, 3.63) is 60.0 Å². The van der Waals surface area contributed by atoms with E-state index in [-0.39, 0.29) is 24.2 Å². The van der Waals surface area contributed by atoms with Crippen LogP contribution in [0.25, 0.3) is 5.65 Å². The number of rotatable bonds is 4. The van der Waals surface area contributed by atoms with Crippen LogP contribution in [0.2, 0.25) is 0 Å². The molecule has 1 aromatic carbocycles. The van der Waals surface area contributed by atoms with Crippen molar-refractivity contribution in [2.45, 2.75) is 24.9 Å². The zero-order chi connectivity index (χ0) is 20.4. The Morgan fingerprint density at radius 2 is 1.79 bits per heavy atom. The van der Waals surface area contributed by atoms with E-state index >= 15 is 0 Å². The first-order valence-corrected chi connectivity index (χ1v) is 9.29. The number of halogens is 3. The van der Waals surface area contributed by atoms with Crippen molar-refractivity contribution >= 4 is 11.6 Å². The SMILES string of the molecule is O=C(COc1ccc(C(F)(F)F)cc1)N1CCC(c2nnc3ccccn23)CC1. The molecular formula is C20H19F3N4O2. The minimum Gasteiger partial charge on any atom is -0.484 e. The van der Waals surface area contributed by atoms with Crippen LogP contribution in [0.1, 0.15) is 30.1 Å². The van der Waals surface area contributed by atoms with Gasteiger partial charge in [-0.05, 0) is 49.2 Å². The van der Waals surface area contributed by atoms with Crippen molar-refractivity contribution in [2.24, 2.45) is 0 Å². The number of benzene rings is 1. The van der Waals surface area contributed by atoms with Gasteiger partial charge < -0.3 is 9.64 Å².